The summed E-state index contributed by atoms with van der Waals surface area (Å²) in [6.07, 6.45) is -10.3. The van der Waals surface area contributed by atoms with Crippen LogP contribution in [0.1, 0.15) is 21.9 Å². The van der Waals surface area contributed by atoms with E-state index in [1.165, 1.54) is 0 Å². The van der Waals surface area contributed by atoms with Crippen LogP contribution in [0.4, 0.5) is 26.3 Å². The summed E-state index contributed by atoms with van der Waals surface area (Å²) in [7, 11) is 0. The highest BCUT2D eigenvalue weighted by Crippen LogP contribution is 2.33. The average Bonchev–Trinajstić information content (AvgIpc) is 2.14. The van der Waals surface area contributed by atoms with Crippen molar-refractivity contribution in [3.8, 4) is 0 Å². The molecule has 0 fully saturated rings. The molecule has 94 valence electrons. The van der Waals surface area contributed by atoms with Gasteiger partial charge in [-0.15, -0.1) is 0 Å². The summed E-state index contributed by atoms with van der Waals surface area (Å²) in [4.78, 5) is 15.5. The summed E-state index contributed by atoms with van der Waals surface area (Å²) in [5.74, 6) is -1.99. The molecule has 3 nitrogen and oxygen atoms in total. The summed E-state index contributed by atoms with van der Waals surface area (Å²) < 4.78 is 73.2. The summed E-state index contributed by atoms with van der Waals surface area (Å²) >= 11 is 4.78. The largest absolute Gasteiger partial charge is 0.451 e. The van der Waals surface area contributed by atoms with Crippen LogP contribution in [0.15, 0.2) is 6.20 Å². The van der Waals surface area contributed by atoms with Gasteiger partial charge in [0.05, 0.1) is 5.56 Å². The fraction of sp³-hybridized carbons (Fsp3) is 0.286. The zero-order chi connectivity index (χ0) is 13.4. The van der Waals surface area contributed by atoms with Crippen LogP contribution in [-0.4, -0.2) is 15.2 Å². The van der Waals surface area contributed by atoms with Crippen LogP contribution in [0, 0.1) is 0 Å². The van der Waals surface area contributed by atoms with E-state index in [-0.39, 0.29) is 6.20 Å². The molecule has 0 N–H and O–H groups in total. The lowest BCUT2D eigenvalue weighted by Gasteiger charge is -2.11. The van der Waals surface area contributed by atoms with Gasteiger partial charge >= 0.3 is 12.4 Å². The van der Waals surface area contributed by atoms with Crippen LogP contribution >= 0.6 is 11.6 Å². The van der Waals surface area contributed by atoms with Gasteiger partial charge in [0, 0.05) is 6.20 Å². The average molecular weight is 279 g/mol. The third-order valence-electron chi connectivity index (χ3n) is 1.52. The number of carbonyl (C=O) groups is 1. The Labute approximate surface area is 94.4 Å². The molecule has 0 spiro atoms. The normalized spacial score (nSPS) is 12.6. The number of aromatic nitrogens is 2. The van der Waals surface area contributed by atoms with Crippen LogP contribution < -0.4 is 0 Å². The highest BCUT2D eigenvalue weighted by atomic mass is 35.5. The molecular formula is C7HClF6N2O. The minimum Gasteiger partial charge on any atom is -0.275 e. The van der Waals surface area contributed by atoms with E-state index in [9.17, 15) is 31.1 Å². The second-order valence-electron chi connectivity index (χ2n) is 2.73. The summed E-state index contributed by atoms with van der Waals surface area (Å²) in [6, 6.07) is 0. The SMILES string of the molecule is O=C(Cl)c1cnc(C(F)(F)F)nc1C(F)(F)F. The van der Waals surface area contributed by atoms with Crippen LogP contribution in [-0.2, 0) is 12.4 Å². The zero-order valence-electron chi connectivity index (χ0n) is 7.53. The molecule has 0 saturated heterocycles. The monoisotopic (exact) mass is 278 g/mol. The lowest BCUT2D eigenvalue weighted by molar-refractivity contribution is -0.152. The number of carbonyl (C=O) groups excluding carboxylic acids is 1. The van der Waals surface area contributed by atoms with E-state index < -0.39 is 34.7 Å². The minimum absolute atomic E-state index is 0.0913. The fourth-order valence-corrected chi connectivity index (χ4v) is 1.02. The lowest BCUT2D eigenvalue weighted by Crippen LogP contribution is -2.20. The Morgan fingerprint density at radius 3 is 2.00 bits per heavy atom. The van der Waals surface area contributed by atoms with Gasteiger partial charge in [-0.25, -0.2) is 9.97 Å². The molecule has 1 rings (SSSR count). The Kier molecular flexibility index (Phi) is 3.33. The second kappa shape index (κ2) is 4.13. The topological polar surface area (TPSA) is 42.9 Å². The van der Waals surface area contributed by atoms with Crippen LogP contribution in [0.25, 0.3) is 0 Å². The first kappa shape index (κ1) is 13.7. The summed E-state index contributed by atoms with van der Waals surface area (Å²) in [5, 5.41) is -1.59. The first-order valence-corrected chi connectivity index (χ1v) is 4.12. The predicted octanol–water partition coefficient (Wildman–Crippen LogP) is 2.89. The molecule has 0 radical (unpaired) electrons. The Morgan fingerprint density at radius 1 is 1.12 bits per heavy atom. The van der Waals surface area contributed by atoms with Gasteiger partial charge in [0.15, 0.2) is 5.69 Å². The molecule has 10 heteroatoms. The molecule has 0 aromatic carbocycles. The fourth-order valence-electron chi connectivity index (χ4n) is 0.878. The van der Waals surface area contributed by atoms with E-state index in [1.807, 2.05) is 0 Å². The number of rotatable bonds is 1. The van der Waals surface area contributed by atoms with Crippen molar-refractivity contribution in [2.45, 2.75) is 12.4 Å². The second-order valence-corrected chi connectivity index (χ2v) is 3.07. The number of halogens is 7. The Bertz CT molecular complexity index is 455. The molecule has 0 saturated carbocycles. The lowest BCUT2D eigenvalue weighted by atomic mass is 10.2. The molecule has 0 bridgehead atoms. The predicted molar refractivity (Wildman–Crippen MR) is 42.2 cm³/mol. The van der Waals surface area contributed by atoms with Crippen LogP contribution in [0.5, 0.6) is 0 Å². The van der Waals surface area contributed by atoms with Crippen molar-refractivity contribution in [2.75, 3.05) is 0 Å². The minimum atomic E-state index is -5.23. The van der Waals surface area contributed by atoms with Crippen molar-refractivity contribution in [3.05, 3.63) is 23.3 Å². The number of alkyl halides is 6. The zero-order valence-corrected chi connectivity index (χ0v) is 8.28. The Hall–Kier alpha value is -1.38. The van der Waals surface area contributed by atoms with Gasteiger partial charge in [0.25, 0.3) is 5.24 Å². The molecule has 0 aliphatic heterocycles. The number of nitrogens with zero attached hydrogens (tertiary/aromatic N) is 2. The molecule has 1 aromatic heterocycles. The van der Waals surface area contributed by atoms with Crippen LogP contribution in [0.3, 0.4) is 0 Å². The summed E-state index contributed by atoms with van der Waals surface area (Å²) in [5.41, 5.74) is -3.24. The molecule has 0 atom stereocenters. The molecule has 0 unspecified atom stereocenters. The molecule has 0 amide bonds. The van der Waals surface area contributed by atoms with Crippen molar-refractivity contribution in [2.24, 2.45) is 0 Å². The maximum atomic E-state index is 12.3. The third kappa shape index (κ3) is 3.05. The smallest absolute Gasteiger partial charge is 0.275 e. The van der Waals surface area contributed by atoms with Gasteiger partial charge < -0.3 is 0 Å². The Morgan fingerprint density at radius 2 is 1.65 bits per heavy atom. The van der Waals surface area contributed by atoms with E-state index in [0.717, 1.165) is 0 Å². The number of hydrogen-bond donors (Lipinski definition) is 0. The molecule has 1 heterocycles. The molecule has 0 aliphatic carbocycles. The van der Waals surface area contributed by atoms with E-state index in [1.54, 1.807) is 0 Å². The highest BCUT2D eigenvalue weighted by Gasteiger charge is 2.42. The van der Waals surface area contributed by atoms with E-state index in [0.29, 0.717) is 0 Å². The molecule has 17 heavy (non-hydrogen) atoms. The maximum absolute atomic E-state index is 12.3. The van der Waals surface area contributed by atoms with Gasteiger partial charge in [0.1, 0.15) is 0 Å². The quantitative estimate of drug-likeness (QED) is 0.586. The van der Waals surface area contributed by atoms with Crippen LogP contribution in [0.2, 0.25) is 0 Å². The van der Waals surface area contributed by atoms with Gasteiger partial charge in [-0.1, -0.05) is 0 Å². The standard InChI is InChI=1S/C7HClF6N2O/c8-4(17)2-1-15-5(7(12,13)14)16-3(2)6(9,10)11/h1H. The van der Waals surface area contributed by atoms with E-state index in [4.69, 9.17) is 11.6 Å². The first-order valence-electron chi connectivity index (χ1n) is 3.74. The first-order chi connectivity index (χ1) is 7.53. The molecule has 0 aliphatic rings. The van der Waals surface area contributed by atoms with Gasteiger partial charge in [-0.3, -0.25) is 4.79 Å². The van der Waals surface area contributed by atoms with E-state index >= 15 is 0 Å². The van der Waals surface area contributed by atoms with Crippen molar-refractivity contribution in [1.29, 1.82) is 0 Å². The summed E-state index contributed by atoms with van der Waals surface area (Å²) in [6.45, 7) is 0. The number of hydrogen-bond acceptors (Lipinski definition) is 3. The van der Waals surface area contributed by atoms with Crippen molar-refractivity contribution in [3.63, 3.8) is 0 Å². The van der Waals surface area contributed by atoms with Crippen molar-refractivity contribution in [1.82, 2.24) is 9.97 Å². The van der Waals surface area contributed by atoms with Crippen molar-refractivity contribution < 1.29 is 31.1 Å². The van der Waals surface area contributed by atoms with Gasteiger partial charge in [-0.2, -0.15) is 26.3 Å². The van der Waals surface area contributed by atoms with Gasteiger partial charge in [-0.05, 0) is 11.6 Å². The Balaban J connectivity index is 3.46. The maximum Gasteiger partial charge on any atom is 0.451 e. The van der Waals surface area contributed by atoms with E-state index in [2.05, 4.69) is 9.97 Å². The molecule has 1 aromatic rings. The van der Waals surface area contributed by atoms with Gasteiger partial charge in [0.2, 0.25) is 5.82 Å². The third-order valence-corrected chi connectivity index (χ3v) is 1.73. The van der Waals surface area contributed by atoms with Crippen molar-refractivity contribution >= 4 is 16.8 Å². The molecular weight excluding hydrogens is 278 g/mol. The highest BCUT2D eigenvalue weighted by molar-refractivity contribution is 6.67.